The largest absolute Gasteiger partial charge is 0.503 e. The van der Waals surface area contributed by atoms with E-state index in [1.54, 1.807) is 42.5 Å². The SMILES string of the molecule is COc1cc(C=Cc2cc(OC)c(OC)c(OC)c2)cc(NS(=O)(=O)c2cccc(C(C)(C)C)c2)c1O. The third-order valence-corrected chi connectivity index (χ3v) is 7.09. The van der Waals surface area contributed by atoms with Crippen LogP contribution < -0.4 is 23.7 Å². The predicted molar refractivity (Wildman–Crippen MR) is 146 cm³/mol. The molecule has 0 bridgehead atoms. The molecule has 0 aliphatic heterocycles. The van der Waals surface area contributed by atoms with Crippen LogP contribution in [0, 0.1) is 0 Å². The Morgan fingerprint density at radius 1 is 0.784 bits per heavy atom. The molecule has 8 nitrogen and oxygen atoms in total. The lowest BCUT2D eigenvalue weighted by atomic mass is 9.87. The van der Waals surface area contributed by atoms with Crippen LogP contribution in [0.15, 0.2) is 53.4 Å². The quantitative estimate of drug-likeness (QED) is 0.272. The minimum absolute atomic E-state index is 0.00921. The minimum atomic E-state index is -3.99. The van der Waals surface area contributed by atoms with Crippen LogP contribution in [0.3, 0.4) is 0 Å². The van der Waals surface area contributed by atoms with Crippen molar-refractivity contribution in [3.63, 3.8) is 0 Å². The van der Waals surface area contributed by atoms with E-state index in [1.165, 1.54) is 40.6 Å². The van der Waals surface area contributed by atoms with E-state index in [0.29, 0.717) is 22.8 Å². The van der Waals surface area contributed by atoms with Crippen LogP contribution in [0.25, 0.3) is 12.2 Å². The lowest BCUT2D eigenvalue weighted by molar-refractivity contribution is 0.324. The van der Waals surface area contributed by atoms with Crippen LogP contribution in [-0.2, 0) is 15.4 Å². The van der Waals surface area contributed by atoms with E-state index in [2.05, 4.69) is 4.72 Å². The van der Waals surface area contributed by atoms with Gasteiger partial charge in [-0.2, -0.15) is 0 Å². The second-order valence-electron chi connectivity index (χ2n) is 9.29. The van der Waals surface area contributed by atoms with Gasteiger partial charge < -0.3 is 24.1 Å². The summed E-state index contributed by atoms with van der Waals surface area (Å²) in [6, 6.07) is 13.4. The van der Waals surface area contributed by atoms with E-state index >= 15 is 0 Å². The van der Waals surface area contributed by atoms with Gasteiger partial charge in [-0.25, -0.2) is 8.42 Å². The van der Waals surface area contributed by atoms with Gasteiger partial charge in [0.15, 0.2) is 23.0 Å². The Hall–Kier alpha value is -3.85. The summed E-state index contributed by atoms with van der Waals surface area (Å²) in [6.45, 7) is 6.02. The summed E-state index contributed by atoms with van der Waals surface area (Å²) in [5.41, 5.74) is 1.98. The third-order valence-electron chi connectivity index (χ3n) is 5.73. The molecule has 9 heteroatoms. The molecule has 2 N–H and O–H groups in total. The number of anilines is 1. The molecule has 0 atom stereocenters. The Balaban J connectivity index is 2.00. The molecule has 0 radical (unpaired) electrons. The van der Waals surface area contributed by atoms with Crippen molar-refractivity contribution in [2.45, 2.75) is 31.1 Å². The van der Waals surface area contributed by atoms with Gasteiger partial charge in [-0.15, -0.1) is 0 Å². The van der Waals surface area contributed by atoms with Crippen molar-refractivity contribution in [2.24, 2.45) is 0 Å². The van der Waals surface area contributed by atoms with Gasteiger partial charge in [-0.1, -0.05) is 45.1 Å². The fraction of sp³-hybridized carbons (Fsp3) is 0.286. The number of ether oxygens (including phenoxy) is 4. The van der Waals surface area contributed by atoms with Crippen molar-refractivity contribution in [1.29, 1.82) is 0 Å². The number of rotatable bonds is 9. The van der Waals surface area contributed by atoms with Crippen molar-refractivity contribution in [3.05, 3.63) is 65.2 Å². The van der Waals surface area contributed by atoms with Crippen LogP contribution in [0.2, 0.25) is 0 Å². The molecule has 0 saturated carbocycles. The standard InChI is InChI=1S/C28H33NO7S/c1-28(2,3)20-9-8-10-21(17-20)37(31,32)29-22-13-18(14-23(33-4)26(22)30)11-12-19-15-24(34-5)27(36-7)25(16-19)35-6/h8-17,29-30H,1-7H3. The highest BCUT2D eigenvalue weighted by Gasteiger charge is 2.22. The zero-order valence-electron chi connectivity index (χ0n) is 22.1. The van der Waals surface area contributed by atoms with Crippen LogP contribution in [0.5, 0.6) is 28.7 Å². The molecule has 198 valence electrons. The van der Waals surface area contributed by atoms with Crippen molar-refractivity contribution in [2.75, 3.05) is 33.2 Å². The first-order valence-electron chi connectivity index (χ1n) is 11.5. The molecular formula is C28H33NO7S. The fourth-order valence-corrected chi connectivity index (χ4v) is 4.79. The normalized spacial score (nSPS) is 11.9. The van der Waals surface area contributed by atoms with Gasteiger partial charge in [0.05, 0.1) is 39.0 Å². The van der Waals surface area contributed by atoms with E-state index < -0.39 is 10.0 Å². The second kappa shape index (κ2) is 11.0. The lowest BCUT2D eigenvalue weighted by Crippen LogP contribution is -2.16. The number of sulfonamides is 1. The number of hydrogen-bond donors (Lipinski definition) is 2. The van der Waals surface area contributed by atoms with E-state index in [-0.39, 0.29) is 27.5 Å². The van der Waals surface area contributed by atoms with Crippen LogP contribution >= 0.6 is 0 Å². The highest BCUT2D eigenvalue weighted by molar-refractivity contribution is 7.92. The van der Waals surface area contributed by atoms with E-state index in [0.717, 1.165) is 11.1 Å². The summed E-state index contributed by atoms with van der Waals surface area (Å²) in [4.78, 5) is 0.0941. The number of methoxy groups -OCH3 is 4. The molecular weight excluding hydrogens is 494 g/mol. The Labute approximate surface area is 218 Å². The Bertz CT molecular complexity index is 1380. The molecule has 3 rings (SSSR count). The molecule has 0 heterocycles. The first-order chi connectivity index (χ1) is 17.4. The molecule has 0 spiro atoms. The number of phenols is 1. The van der Waals surface area contributed by atoms with Crippen molar-refractivity contribution in [3.8, 4) is 28.7 Å². The summed E-state index contributed by atoms with van der Waals surface area (Å²) >= 11 is 0. The summed E-state index contributed by atoms with van der Waals surface area (Å²) in [6.07, 6.45) is 3.54. The van der Waals surface area contributed by atoms with Gasteiger partial charge in [-0.3, -0.25) is 4.72 Å². The highest BCUT2D eigenvalue weighted by atomic mass is 32.2. The van der Waals surface area contributed by atoms with Gasteiger partial charge in [0.25, 0.3) is 10.0 Å². The average molecular weight is 528 g/mol. The van der Waals surface area contributed by atoms with Gasteiger partial charge in [-0.05, 0) is 58.5 Å². The van der Waals surface area contributed by atoms with E-state index in [1.807, 2.05) is 26.8 Å². The van der Waals surface area contributed by atoms with Crippen molar-refractivity contribution in [1.82, 2.24) is 0 Å². The van der Waals surface area contributed by atoms with Gasteiger partial charge in [0.1, 0.15) is 0 Å². The maximum atomic E-state index is 13.2. The number of nitrogens with one attached hydrogen (secondary N) is 1. The highest BCUT2D eigenvalue weighted by Crippen LogP contribution is 2.40. The summed E-state index contributed by atoms with van der Waals surface area (Å²) in [7, 11) is 2.00. The monoisotopic (exact) mass is 527 g/mol. The number of hydrogen-bond acceptors (Lipinski definition) is 7. The fourth-order valence-electron chi connectivity index (χ4n) is 3.68. The van der Waals surface area contributed by atoms with Crippen molar-refractivity contribution >= 4 is 27.9 Å². The Morgan fingerprint density at radius 3 is 1.84 bits per heavy atom. The molecule has 0 aromatic heterocycles. The summed E-state index contributed by atoms with van der Waals surface area (Å²) in [5.74, 6) is 1.27. The first-order valence-corrected chi connectivity index (χ1v) is 12.9. The van der Waals surface area contributed by atoms with Gasteiger partial charge in [0, 0.05) is 0 Å². The molecule has 3 aromatic carbocycles. The number of benzene rings is 3. The third kappa shape index (κ3) is 6.29. The topological polar surface area (TPSA) is 103 Å². The number of phenolic OH excluding ortho intramolecular Hbond substituents is 1. The van der Waals surface area contributed by atoms with Crippen LogP contribution in [-0.4, -0.2) is 42.0 Å². The maximum Gasteiger partial charge on any atom is 0.262 e. The molecule has 0 saturated heterocycles. The van der Waals surface area contributed by atoms with Crippen LogP contribution in [0.1, 0.15) is 37.5 Å². The lowest BCUT2D eigenvalue weighted by Gasteiger charge is -2.20. The zero-order chi connectivity index (χ0) is 27.4. The maximum absolute atomic E-state index is 13.2. The van der Waals surface area contributed by atoms with Gasteiger partial charge in [0.2, 0.25) is 5.75 Å². The summed E-state index contributed by atoms with van der Waals surface area (Å²) in [5, 5.41) is 10.7. The minimum Gasteiger partial charge on any atom is -0.503 e. The smallest absolute Gasteiger partial charge is 0.262 e. The second-order valence-corrected chi connectivity index (χ2v) is 11.0. The average Bonchev–Trinajstić information content (AvgIpc) is 2.87. The molecule has 0 fully saturated rings. The zero-order valence-corrected chi connectivity index (χ0v) is 22.9. The molecule has 0 unspecified atom stereocenters. The van der Waals surface area contributed by atoms with E-state index in [4.69, 9.17) is 18.9 Å². The molecule has 37 heavy (non-hydrogen) atoms. The van der Waals surface area contributed by atoms with Gasteiger partial charge >= 0.3 is 0 Å². The molecule has 0 aliphatic carbocycles. The Kier molecular flexibility index (Phi) is 8.28. The predicted octanol–water partition coefficient (Wildman–Crippen LogP) is 5.70. The molecule has 0 amide bonds. The molecule has 0 aliphatic rings. The van der Waals surface area contributed by atoms with Crippen molar-refractivity contribution < 1.29 is 32.5 Å². The first kappa shape index (κ1) is 27.7. The van der Waals surface area contributed by atoms with Crippen LogP contribution in [0.4, 0.5) is 5.69 Å². The molecule has 3 aromatic rings. The summed E-state index contributed by atoms with van der Waals surface area (Å²) < 4.78 is 50.4. The number of aromatic hydroxyl groups is 1. The Morgan fingerprint density at radius 2 is 1.32 bits per heavy atom. The van der Waals surface area contributed by atoms with E-state index in [9.17, 15) is 13.5 Å².